The summed E-state index contributed by atoms with van der Waals surface area (Å²) < 4.78 is 14.0. The van der Waals surface area contributed by atoms with E-state index < -0.39 is 11.1 Å². The number of thioether (sulfide) groups is 1. The predicted molar refractivity (Wildman–Crippen MR) is 74.7 cm³/mol. The molecule has 100 valence electrons. The minimum Gasteiger partial charge on any atom is -0.374 e. The fourth-order valence-corrected chi connectivity index (χ4v) is 3.05. The van der Waals surface area contributed by atoms with Crippen molar-refractivity contribution < 1.29 is 9.18 Å². The number of nitrogen functional groups attached to an aromatic ring is 1. The molecule has 0 aliphatic heterocycles. The lowest BCUT2D eigenvalue weighted by atomic mass is 10.3. The van der Waals surface area contributed by atoms with Crippen LogP contribution in [0.5, 0.6) is 0 Å². The van der Waals surface area contributed by atoms with Crippen molar-refractivity contribution in [3.63, 3.8) is 0 Å². The lowest BCUT2D eigenvalue weighted by Crippen LogP contribution is -2.22. The first-order valence-electron chi connectivity index (χ1n) is 5.37. The van der Waals surface area contributed by atoms with Gasteiger partial charge in [-0.15, -0.1) is 10.2 Å². The highest BCUT2D eigenvalue weighted by Gasteiger charge is 2.17. The molecular weight excluding hydrogens is 287 g/mol. The molecule has 1 aromatic carbocycles. The zero-order valence-corrected chi connectivity index (χ0v) is 11.6. The van der Waals surface area contributed by atoms with Gasteiger partial charge in [0.25, 0.3) is 0 Å². The normalized spacial score (nSPS) is 12.1. The van der Waals surface area contributed by atoms with E-state index in [0.717, 1.165) is 0 Å². The molecular formula is C11H11FN4OS2. The number of hydrogen-bond acceptors (Lipinski definition) is 6. The molecule has 1 aromatic heterocycles. The molecule has 8 heteroatoms. The highest BCUT2D eigenvalue weighted by molar-refractivity contribution is 8.02. The number of nitrogens with two attached hydrogens (primary N) is 1. The molecule has 0 spiro atoms. The smallest absolute Gasteiger partial charge is 0.237 e. The maximum absolute atomic E-state index is 13.4. The fraction of sp³-hybridized carbons (Fsp3) is 0.182. The van der Waals surface area contributed by atoms with Crippen LogP contribution in [0.2, 0.25) is 0 Å². The zero-order valence-electron chi connectivity index (χ0n) is 9.96. The standard InChI is InChI=1S/C11H11FN4OS2/c1-6(18-11-16-15-10(13)19-11)9(17)14-8-5-3-2-4-7(8)12/h2-6H,1H3,(H2,13,15)(H,14,17)/t6-/m1/s1. The van der Waals surface area contributed by atoms with Crippen molar-refractivity contribution >= 4 is 39.8 Å². The van der Waals surface area contributed by atoms with E-state index in [1.54, 1.807) is 19.1 Å². The number of aromatic nitrogens is 2. The molecule has 3 N–H and O–H groups in total. The predicted octanol–water partition coefficient (Wildman–Crippen LogP) is 2.38. The van der Waals surface area contributed by atoms with Crippen LogP contribution in [0.15, 0.2) is 28.6 Å². The molecule has 1 atom stereocenters. The third kappa shape index (κ3) is 3.65. The highest BCUT2D eigenvalue weighted by atomic mass is 32.2. The summed E-state index contributed by atoms with van der Waals surface area (Å²) in [5.74, 6) is -0.767. The summed E-state index contributed by atoms with van der Waals surface area (Å²) in [7, 11) is 0. The Bertz CT molecular complexity index is 590. The monoisotopic (exact) mass is 298 g/mol. The van der Waals surface area contributed by atoms with Crippen molar-refractivity contribution in [2.75, 3.05) is 11.1 Å². The Labute approximate surface area is 117 Å². The summed E-state index contributed by atoms with van der Waals surface area (Å²) in [4.78, 5) is 11.9. The molecule has 1 heterocycles. The molecule has 19 heavy (non-hydrogen) atoms. The Morgan fingerprint density at radius 1 is 1.47 bits per heavy atom. The van der Waals surface area contributed by atoms with Crippen LogP contribution < -0.4 is 11.1 Å². The summed E-state index contributed by atoms with van der Waals surface area (Å²) in [5.41, 5.74) is 5.62. The Morgan fingerprint density at radius 3 is 2.84 bits per heavy atom. The average molecular weight is 298 g/mol. The molecule has 2 rings (SSSR count). The minimum atomic E-state index is -0.465. The van der Waals surface area contributed by atoms with Gasteiger partial charge in [0.1, 0.15) is 5.82 Å². The second-order valence-electron chi connectivity index (χ2n) is 3.64. The number of anilines is 2. The van der Waals surface area contributed by atoms with Crippen LogP contribution in [0.25, 0.3) is 0 Å². The second kappa shape index (κ2) is 5.98. The van der Waals surface area contributed by atoms with Gasteiger partial charge in [0.15, 0.2) is 4.34 Å². The van der Waals surface area contributed by atoms with Crippen LogP contribution in [0.3, 0.4) is 0 Å². The van der Waals surface area contributed by atoms with Gasteiger partial charge in [-0.25, -0.2) is 4.39 Å². The Balaban J connectivity index is 1.98. The van der Waals surface area contributed by atoms with Crippen molar-refractivity contribution in [3.05, 3.63) is 30.1 Å². The van der Waals surface area contributed by atoms with Gasteiger partial charge < -0.3 is 11.1 Å². The Hall–Kier alpha value is -1.67. The fourth-order valence-electron chi connectivity index (χ4n) is 1.27. The summed E-state index contributed by atoms with van der Waals surface area (Å²) >= 11 is 2.44. The van der Waals surface area contributed by atoms with E-state index in [9.17, 15) is 9.18 Å². The van der Waals surface area contributed by atoms with Crippen LogP contribution in [0, 0.1) is 5.82 Å². The third-order valence-corrected chi connectivity index (χ3v) is 4.14. The number of rotatable bonds is 4. The number of hydrogen-bond donors (Lipinski definition) is 2. The summed E-state index contributed by atoms with van der Waals surface area (Å²) in [6.07, 6.45) is 0. The molecule has 1 amide bonds. The molecule has 0 unspecified atom stereocenters. The number of nitrogens with one attached hydrogen (secondary N) is 1. The molecule has 0 fully saturated rings. The first kappa shape index (κ1) is 13.8. The van der Waals surface area contributed by atoms with Gasteiger partial charge in [-0.2, -0.15) is 0 Å². The van der Waals surface area contributed by atoms with Gasteiger partial charge in [-0.1, -0.05) is 35.2 Å². The topological polar surface area (TPSA) is 80.9 Å². The van der Waals surface area contributed by atoms with Crippen molar-refractivity contribution in [2.45, 2.75) is 16.5 Å². The van der Waals surface area contributed by atoms with Gasteiger partial charge in [-0.3, -0.25) is 4.79 Å². The summed E-state index contributed by atoms with van der Waals surface area (Å²) in [5, 5.41) is 9.93. The first-order chi connectivity index (χ1) is 9.06. The van der Waals surface area contributed by atoms with Gasteiger partial charge in [0, 0.05) is 0 Å². The van der Waals surface area contributed by atoms with Crippen LogP contribution in [0.1, 0.15) is 6.92 Å². The van der Waals surface area contributed by atoms with Gasteiger partial charge in [0.2, 0.25) is 11.0 Å². The Morgan fingerprint density at radius 2 is 2.21 bits per heavy atom. The van der Waals surface area contributed by atoms with Crippen molar-refractivity contribution in [3.8, 4) is 0 Å². The summed E-state index contributed by atoms with van der Waals surface area (Å²) in [6.45, 7) is 1.71. The van der Waals surface area contributed by atoms with Crippen LogP contribution in [0.4, 0.5) is 15.2 Å². The van der Waals surface area contributed by atoms with E-state index in [0.29, 0.717) is 9.47 Å². The van der Waals surface area contributed by atoms with Crippen molar-refractivity contribution in [1.29, 1.82) is 0 Å². The second-order valence-corrected chi connectivity index (χ2v) is 6.23. The lowest BCUT2D eigenvalue weighted by molar-refractivity contribution is -0.115. The number of carbonyl (C=O) groups excluding carboxylic acids is 1. The van der Waals surface area contributed by atoms with Crippen LogP contribution in [-0.2, 0) is 4.79 Å². The molecule has 0 saturated carbocycles. The number of para-hydroxylation sites is 1. The molecule has 0 aliphatic carbocycles. The maximum atomic E-state index is 13.4. The molecule has 0 bridgehead atoms. The number of halogens is 1. The molecule has 0 aliphatic rings. The van der Waals surface area contributed by atoms with E-state index in [1.165, 1.54) is 35.2 Å². The van der Waals surface area contributed by atoms with Gasteiger partial charge in [-0.05, 0) is 19.1 Å². The lowest BCUT2D eigenvalue weighted by Gasteiger charge is -2.10. The quantitative estimate of drug-likeness (QED) is 0.847. The molecule has 0 radical (unpaired) electrons. The SMILES string of the molecule is C[C@@H](Sc1nnc(N)s1)C(=O)Nc1ccccc1F. The van der Waals surface area contributed by atoms with Crippen LogP contribution in [-0.4, -0.2) is 21.4 Å². The number of carbonyl (C=O) groups is 1. The zero-order chi connectivity index (χ0) is 13.8. The van der Waals surface area contributed by atoms with E-state index >= 15 is 0 Å². The maximum Gasteiger partial charge on any atom is 0.237 e. The van der Waals surface area contributed by atoms with Gasteiger partial charge >= 0.3 is 0 Å². The average Bonchev–Trinajstić information content (AvgIpc) is 2.77. The van der Waals surface area contributed by atoms with Gasteiger partial charge in [0.05, 0.1) is 10.9 Å². The number of amides is 1. The van der Waals surface area contributed by atoms with E-state index in [1.807, 2.05) is 0 Å². The minimum absolute atomic E-state index is 0.164. The van der Waals surface area contributed by atoms with E-state index in [2.05, 4.69) is 15.5 Å². The third-order valence-electron chi connectivity index (χ3n) is 2.20. The number of benzene rings is 1. The van der Waals surface area contributed by atoms with E-state index in [4.69, 9.17) is 5.73 Å². The van der Waals surface area contributed by atoms with Crippen molar-refractivity contribution in [2.24, 2.45) is 0 Å². The van der Waals surface area contributed by atoms with E-state index in [-0.39, 0.29) is 11.6 Å². The molecule has 0 saturated heterocycles. The molecule has 5 nitrogen and oxygen atoms in total. The Kier molecular flexibility index (Phi) is 4.33. The summed E-state index contributed by atoms with van der Waals surface area (Å²) in [6, 6.07) is 6.02. The number of nitrogens with zero attached hydrogens (tertiary/aromatic N) is 2. The highest BCUT2D eigenvalue weighted by Crippen LogP contribution is 2.28. The van der Waals surface area contributed by atoms with Crippen molar-refractivity contribution in [1.82, 2.24) is 10.2 Å². The largest absolute Gasteiger partial charge is 0.374 e. The van der Waals surface area contributed by atoms with Crippen LogP contribution >= 0.6 is 23.1 Å². The molecule has 2 aromatic rings. The first-order valence-corrected chi connectivity index (χ1v) is 7.07.